The molecule has 0 radical (unpaired) electrons. The number of hydrogen-bond donors (Lipinski definition) is 1. The first-order valence-corrected chi connectivity index (χ1v) is 10.1. The molecule has 0 heterocycles. The van der Waals surface area contributed by atoms with E-state index in [1.807, 2.05) is 34.9 Å². The zero-order chi connectivity index (χ0) is 18.0. The van der Waals surface area contributed by atoms with E-state index in [-0.39, 0.29) is 11.6 Å². The van der Waals surface area contributed by atoms with Gasteiger partial charge in [0.1, 0.15) is 5.75 Å². The number of sulfonamides is 1. The van der Waals surface area contributed by atoms with E-state index in [1.54, 1.807) is 18.2 Å². The molecule has 24 heavy (non-hydrogen) atoms. The number of rotatable bonds is 7. The van der Waals surface area contributed by atoms with Crippen LogP contribution in [0.2, 0.25) is 0 Å². The van der Waals surface area contributed by atoms with Crippen LogP contribution >= 0.6 is 0 Å². The van der Waals surface area contributed by atoms with Gasteiger partial charge in [-0.15, -0.1) is 0 Å². The van der Waals surface area contributed by atoms with Crippen LogP contribution in [0.15, 0.2) is 23.1 Å². The Kier molecular flexibility index (Phi) is 5.94. The van der Waals surface area contributed by atoms with E-state index in [2.05, 4.69) is 9.62 Å². The fourth-order valence-corrected chi connectivity index (χ4v) is 4.51. The van der Waals surface area contributed by atoms with E-state index in [4.69, 9.17) is 4.74 Å². The van der Waals surface area contributed by atoms with Gasteiger partial charge in [0.25, 0.3) is 0 Å². The Hall–Kier alpha value is -1.11. The van der Waals surface area contributed by atoms with Crippen LogP contribution in [-0.2, 0) is 10.0 Å². The summed E-state index contributed by atoms with van der Waals surface area (Å²) in [5, 5.41) is 0. The van der Waals surface area contributed by atoms with Gasteiger partial charge in [-0.3, -0.25) is 0 Å². The number of hydrogen-bond acceptors (Lipinski definition) is 4. The lowest BCUT2D eigenvalue weighted by molar-refractivity contribution is 0.162. The molecule has 0 atom stereocenters. The van der Waals surface area contributed by atoms with Gasteiger partial charge in [-0.05, 0) is 71.5 Å². The normalized spacial score (nSPS) is 17.6. The van der Waals surface area contributed by atoms with Crippen LogP contribution in [0.3, 0.4) is 0 Å². The predicted octanol–water partition coefficient (Wildman–Crippen LogP) is 2.93. The summed E-state index contributed by atoms with van der Waals surface area (Å²) in [5.74, 6) is 0.726. The first kappa shape index (κ1) is 19.2. The lowest BCUT2D eigenvalue weighted by atomic mass is 9.97. The summed E-state index contributed by atoms with van der Waals surface area (Å²) in [4.78, 5) is 2.45. The average molecular weight is 355 g/mol. The van der Waals surface area contributed by atoms with Crippen molar-refractivity contribution in [1.29, 1.82) is 0 Å². The maximum Gasteiger partial charge on any atom is 0.240 e. The Morgan fingerprint density at radius 2 is 1.88 bits per heavy atom. The second kappa shape index (κ2) is 7.42. The van der Waals surface area contributed by atoms with Crippen molar-refractivity contribution >= 4 is 10.0 Å². The van der Waals surface area contributed by atoms with Crippen LogP contribution in [0.4, 0.5) is 0 Å². The maximum absolute atomic E-state index is 12.7. The molecule has 6 heteroatoms. The van der Waals surface area contributed by atoms with Crippen molar-refractivity contribution in [3.63, 3.8) is 0 Å². The Morgan fingerprint density at radius 3 is 2.38 bits per heavy atom. The van der Waals surface area contributed by atoms with Crippen molar-refractivity contribution < 1.29 is 13.2 Å². The highest BCUT2D eigenvalue weighted by molar-refractivity contribution is 7.89. The molecule has 0 spiro atoms. The van der Waals surface area contributed by atoms with E-state index in [0.29, 0.717) is 11.4 Å². The van der Waals surface area contributed by atoms with Crippen molar-refractivity contribution in [1.82, 2.24) is 9.62 Å². The van der Waals surface area contributed by atoms with Gasteiger partial charge in [-0.2, -0.15) is 0 Å². The monoisotopic (exact) mass is 354 g/mol. The fraction of sp³-hybridized carbons (Fsp3) is 0.667. The zero-order valence-corrected chi connectivity index (χ0v) is 16.2. The minimum atomic E-state index is -3.52. The Morgan fingerprint density at radius 1 is 1.25 bits per heavy atom. The smallest absolute Gasteiger partial charge is 0.240 e. The lowest BCUT2D eigenvalue weighted by Gasteiger charge is -2.36. The largest absolute Gasteiger partial charge is 0.491 e. The summed E-state index contributed by atoms with van der Waals surface area (Å²) < 4.78 is 33.8. The second-order valence-electron chi connectivity index (χ2n) is 7.24. The molecule has 0 saturated heterocycles. The summed E-state index contributed by atoms with van der Waals surface area (Å²) in [5.41, 5.74) is 0.762. The number of nitrogens with zero attached hydrogens (tertiary/aromatic N) is 1. The lowest BCUT2D eigenvalue weighted by Crippen LogP contribution is -2.50. The number of ether oxygens (including phenoxy) is 1. The van der Waals surface area contributed by atoms with Gasteiger partial charge >= 0.3 is 0 Å². The third-order valence-corrected chi connectivity index (χ3v) is 6.29. The maximum atomic E-state index is 12.7. The number of aryl methyl sites for hydroxylation is 1. The topological polar surface area (TPSA) is 58.6 Å². The van der Waals surface area contributed by atoms with Crippen LogP contribution in [0.5, 0.6) is 5.75 Å². The quantitative estimate of drug-likeness (QED) is 0.818. The van der Waals surface area contributed by atoms with Gasteiger partial charge < -0.3 is 9.64 Å². The van der Waals surface area contributed by atoms with Gasteiger partial charge in [0.15, 0.2) is 0 Å². The molecule has 2 rings (SSSR count). The first-order chi connectivity index (χ1) is 11.2. The number of benzene rings is 1. The highest BCUT2D eigenvalue weighted by Gasteiger charge is 2.37. The first-order valence-electron chi connectivity index (χ1n) is 8.61. The van der Waals surface area contributed by atoms with Crippen LogP contribution < -0.4 is 9.46 Å². The summed E-state index contributed by atoms with van der Waals surface area (Å²) in [6.45, 7) is 6.22. The van der Waals surface area contributed by atoms with Crippen LogP contribution in [0.1, 0.15) is 45.1 Å². The molecule has 1 saturated carbocycles. The molecule has 136 valence electrons. The van der Waals surface area contributed by atoms with E-state index in [1.165, 1.54) is 0 Å². The highest BCUT2D eigenvalue weighted by Crippen LogP contribution is 2.33. The van der Waals surface area contributed by atoms with Crippen molar-refractivity contribution in [3.8, 4) is 5.75 Å². The van der Waals surface area contributed by atoms with Crippen LogP contribution in [0.25, 0.3) is 0 Å². The summed E-state index contributed by atoms with van der Waals surface area (Å²) >= 11 is 0. The SMILES string of the molecule is Cc1cc(S(=O)(=O)NCC2(N(C)C)CCCC2)ccc1OC(C)C. The van der Waals surface area contributed by atoms with Gasteiger partial charge in [-0.1, -0.05) is 12.8 Å². The summed E-state index contributed by atoms with van der Waals surface area (Å²) in [6.07, 6.45) is 4.43. The molecule has 1 N–H and O–H groups in total. The van der Waals surface area contributed by atoms with Gasteiger partial charge in [0, 0.05) is 12.1 Å². The average Bonchev–Trinajstić information content (AvgIpc) is 2.97. The molecular weight excluding hydrogens is 324 g/mol. The van der Waals surface area contributed by atoms with Crippen molar-refractivity contribution in [2.45, 2.75) is 63.0 Å². The molecule has 0 unspecified atom stereocenters. The highest BCUT2D eigenvalue weighted by atomic mass is 32.2. The number of nitrogens with one attached hydrogen (secondary N) is 1. The minimum Gasteiger partial charge on any atom is -0.491 e. The summed E-state index contributed by atoms with van der Waals surface area (Å²) in [7, 11) is 0.540. The molecule has 1 aromatic rings. The molecule has 0 amide bonds. The van der Waals surface area contributed by atoms with Crippen molar-refractivity contribution in [2.75, 3.05) is 20.6 Å². The fourth-order valence-electron chi connectivity index (χ4n) is 3.30. The van der Waals surface area contributed by atoms with Gasteiger partial charge in [0.05, 0.1) is 11.0 Å². The van der Waals surface area contributed by atoms with E-state index in [0.717, 1.165) is 37.0 Å². The number of likely N-dealkylation sites (N-methyl/N-ethyl adjacent to an activating group) is 1. The molecule has 1 aromatic carbocycles. The van der Waals surface area contributed by atoms with Crippen LogP contribution in [-0.4, -0.2) is 45.6 Å². The molecular formula is C18H30N2O3S. The molecule has 0 aliphatic heterocycles. The van der Waals surface area contributed by atoms with Crippen molar-refractivity contribution in [3.05, 3.63) is 23.8 Å². The van der Waals surface area contributed by atoms with Gasteiger partial charge in [-0.25, -0.2) is 13.1 Å². The molecule has 1 fully saturated rings. The van der Waals surface area contributed by atoms with Crippen molar-refractivity contribution in [2.24, 2.45) is 0 Å². The van der Waals surface area contributed by atoms with E-state index in [9.17, 15) is 8.42 Å². The van der Waals surface area contributed by atoms with E-state index >= 15 is 0 Å². The third kappa shape index (κ3) is 4.29. The van der Waals surface area contributed by atoms with Gasteiger partial charge in [0.2, 0.25) is 10.0 Å². The molecule has 1 aliphatic rings. The predicted molar refractivity (Wildman–Crippen MR) is 97.0 cm³/mol. The Bertz CT molecular complexity index is 663. The van der Waals surface area contributed by atoms with Crippen LogP contribution in [0, 0.1) is 6.92 Å². The molecule has 0 bridgehead atoms. The Labute approximate surface area is 146 Å². The standard InChI is InChI=1S/C18H30N2O3S/c1-14(2)23-17-9-8-16(12-15(17)3)24(21,22)19-13-18(20(4)5)10-6-7-11-18/h8-9,12,14,19H,6-7,10-11,13H2,1-5H3. The third-order valence-electron chi connectivity index (χ3n) is 4.89. The van der Waals surface area contributed by atoms with E-state index < -0.39 is 10.0 Å². The molecule has 5 nitrogen and oxygen atoms in total. The summed E-state index contributed by atoms with van der Waals surface area (Å²) in [6, 6.07) is 5.03. The molecule has 1 aliphatic carbocycles. The zero-order valence-electron chi connectivity index (χ0n) is 15.4. The Balaban J connectivity index is 2.14. The second-order valence-corrected chi connectivity index (χ2v) is 9.01. The minimum absolute atomic E-state index is 0.0617. The molecule has 0 aromatic heterocycles.